The molecule has 12 heavy (non-hydrogen) atoms. The quantitative estimate of drug-likeness (QED) is 0.625. The zero-order chi connectivity index (χ0) is 9.23. The third kappa shape index (κ3) is 6.60. The second-order valence-corrected chi connectivity index (χ2v) is 2.45. The van der Waals surface area contributed by atoms with Crippen molar-refractivity contribution in [2.45, 2.75) is 12.8 Å². The van der Waals surface area contributed by atoms with Crippen LogP contribution in [0.1, 0.15) is 12.8 Å². The Morgan fingerprint density at radius 2 is 1.33 bits per heavy atom. The molecule has 72 valence electrons. The van der Waals surface area contributed by atoms with Gasteiger partial charge < -0.3 is 19.3 Å². The zero-order valence-corrected chi connectivity index (χ0v) is 8.13. The lowest BCUT2D eigenvalue weighted by Crippen LogP contribution is -2.21. The van der Waals surface area contributed by atoms with Crippen molar-refractivity contribution in [1.82, 2.24) is 5.32 Å². The summed E-state index contributed by atoms with van der Waals surface area (Å²) in [7, 11) is 4.02. The van der Waals surface area contributed by atoms with Gasteiger partial charge in [0.05, 0.1) is 0 Å². The summed E-state index contributed by atoms with van der Waals surface area (Å²) in [6.45, 7) is 2.50. The average molecular weight is 175 g/mol. The molecule has 0 unspecified atom stereocenters. The lowest BCUT2D eigenvalue weighted by molar-refractivity contribution is 0.163. The van der Waals surface area contributed by atoms with Gasteiger partial charge in [-0.25, -0.2) is 0 Å². The van der Waals surface area contributed by atoms with Gasteiger partial charge in [-0.1, -0.05) is 0 Å². The summed E-state index contributed by atoms with van der Waals surface area (Å²) >= 11 is 0. The van der Waals surface area contributed by atoms with Crippen LogP contribution in [0.2, 0.25) is 0 Å². The van der Waals surface area contributed by atoms with Gasteiger partial charge in [-0.2, -0.15) is 0 Å². The predicted octanol–water partition coefficient (Wildman–Crippen LogP) is 0.280. The number of rotatable bonds is 3. The standard InChI is InChI=1S/C4H9N.C3H9BO3/c1-2-4-5-3-1;1-5-4(6-2)7-3/h5H,1-4H2;1-3H3. The SMILES string of the molecule is C1CCNC1.COB(OC)OC. The molecule has 0 aromatic carbocycles. The summed E-state index contributed by atoms with van der Waals surface area (Å²) in [5, 5.41) is 3.22. The monoisotopic (exact) mass is 175 g/mol. The van der Waals surface area contributed by atoms with Crippen molar-refractivity contribution in [2.75, 3.05) is 34.4 Å². The highest BCUT2D eigenvalue weighted by atomic mass is 16.7. The number of hydrogen-bond donors (Lipinski definition) is 1. The molecule has 0 aromatic heterocycles. The van der Waals surface area contributed by atoms with E-state index in [9.17, 15) is 0 Å². The maximum Gasteiger partial charge on any atom is 0.638 e. The van der Waals surface area contributed by atoms with Crippen LogP contribution in [0.3, 0.4) is 0 Å². The highest BCUT2D eigenvalue weighted by Gasteiger charge is 2.12. The van der Waals surface area contributed by atoms with Crippen LogP contribution in [-0.4, -0.2) is 41.7 Å². The minimum Gasteiger partial charge on any atom is -0.389 e. The normalized spacial score (nSPS) is 15.2. The van der Waals surface area contributed by atoms with E-state index in [0.717, 1.165) is 0 Å². The van der Waals surface area contributed by atoms with Crippen molar-refractivity contribution in [3.8, 4) is 0 Å². The molecule has 1 heterocycles. The first kappa shape index (κ1) is 11.9. The van der Waals surface area contributed by atoms with E-state index in [-0.39, 0.29) is 0 Å². The van der Waals surface area contributed by atoms with E-state index in [1.807, 2.05) is 0 Å². The molecule has 5 heteroatoms. The molecule has 1 fully saturated rings. The van der Waals surface area contributed by atoms with Crippen LogP contribution in [0.15, 0.2) is 0 Å². The van der Waals surface area contributed by atoms with Gasteiger partial charge >= 0.3 is 7.32 Å². The van der Waals surface area contributed by atoms with Gasteiger partial charge in [0.25, 0.3) is 0 Å². The van der Waals surface area contributed by atoms with Crippen LogP contribution in [0.25, 0.3) is 0 Å². The summed E-state index contributed by atoms with van der Waals surface area (Å²) in [5.41, 5.74) is 0. The number of nitrogens with one attached hydrogen (secondary N) is 1. The first-order valence-electron chi connectivity index (χ1n) is 4.14. The lowest BCUT2D eigenvalue weighted by Gasteiger charge is -2.01. The maximum atomic E-state index is 4.60. The Kier molecular flexibility index (Phi) is 8.93. The second kappa shape index (κ2) is 9.00. The van der Waals surface area contributed by atoms with Crippen LogP contribution in [-0.2, 0) is 14.0 Å². The van der Waals surface area contributed by atoms with Crippen molar-refractivity contribution in [3.05, 3.63) is 0 Å². The van der Waals surface area contributed by atoms with Crippen LogP contribution < -0.4 is 5.32 Å². The summed E-state index contributed by atoms with van der Waals surface area (Å²) in [5.74, 6) is 0. The van der Waals surface area contributed by atoms with E-state index in [0.29, 0.717) is 0 Å². The van der Waals surface area contributed by atoms with Crippen molar-refractivity contribution in [3.63, 3.8) is 0 Å². The molecule has 1 rings (SSSR count). The van der Waals surface area contributed by atoms with E-state index in [4.69, 9.17) is 0 Å². The fourth-order valence-electron chi connectivity index (χ4n) is 0.914. The second-order valence-electron chi connectivity index (χ2n) is 2.45. The van der Waals surface area contributed by atoms with Gasteiger partial charge in [-0.3, -0.25) is 0 Å². The van der Waals surface area contributed by atoms with E-state index in [2.05, 4.69) is 19.3 Å². The first-order valence-corrected chi connectivity index (χ1v) is 4.14. The van der Waals surface area contributed by atoms with Crippen molar-refractivity contribution >= 4 is 7.32 Å². The molecule has 0 atom stereocenters. The molecular weight excluding hydrogens is 157 g/mol. The molecule has 0 radical (unpaired) electrons. The van der Waals surface area contributed by atoms with Crippen molar-refractivity contribution < 1.29 is 14.0 Å². The molecule has 0 spiro atoms. The van der Waals surface area contributed by atoms with E-state index in [1.54, 1.807) is 0 Å². The van der Waals surface area contributed by atoms with Gasteiger partial charge in [0.1, 0.15) is 0 Å². The third-order valence-corrected chi connectivity index (χ3v) is 1.53. The van der Waals surface area contributed by atoms with Gasteiger partial charge in [-0.05, 0) is 25.9 Å². The molecule has 0 saturated carbocycles. The summed E-state index contributed by atoms with van der Waals surface area (Å²) in [6.07, 6.45) is 2.78. The van der Waals surface area contributed by atoms with Gasteiger partial charge in [0.2, 0.25) is 0 Å². The lowest BCUT2D eigenvalue weighted by atomic mass is 10.2. The molecule has 4 nitrogen and oxygen atoms in total. The Morgan fingerprint density at radius 1 is 0.917 bits per heavy atom. The van der Waals surface area contributed by atoms with Crippen LogP contribution in [0, 0.1) is 0 Å². The molecule has 1 saturated heterocycles. The van der Waals surface area contributed by atoms with Crippen LogP contribution in [0.5, 0.6) is 0 Å². The van der Waals surface area contributed by atoms with E-state index < -0.39 is 7.32 Å². The molecule has 0 bridgehead atoms. The first-order chi connectivity index (χ1) is 5.85. The van der Waals surface area contributed by atoms with Gasteiger partial charge in [0.15, 0.2) is 0 Å². The van der Waals surface area contributed by atoms with Gasteiger partial charge in [-0.15, -0.1) is 0 Å². The molecule has 0 aromatic rings. The topological polar surface area (TPSA) is 39.7 Å². The molecular formula is C7H18BNO3. The Hall–Kier alpha value is -0.0951. The Morgan fingerprint density at radius 3 is 1.42 bits per heavy atom. The Bertz CT molecular complexity index is 73.6. The van der Waals surface area contributed by atoms with Crippen molar-refractivity contribution in [2.24, 2.45) is 0 Å². The molecule has 0 aliphatic carbocycles. The van der Waals surface area contributed by atoms with Crippen LogP contribution >= 0.6 is 0 Å². The van der Waals surface area contributed by atoms with Crippen LogP contribution in [0.4, 0.5) is 0 Å². The predicted molar refractivity (Wildman–Crippen MR) is 48.9 cm³/mol. The third-order valence-electron chi connectivity index (χ3n) is 1.53. The fourth-order valence-corrected chi connectivity index (χ4v) is 0.914. The fraction of sp³-hybridized carbons (Fsp3) is 1.00. The van der Waals surface area contributed by atoms with Gasteiger partial charge in [0, 0.05) is 21.3 Å². The molecule has 0 amide bonds. The maximum absolute atomic E-state index is 4.60. The summed E-state index contributed by atoms with van der Waals surface area (Å²) < 4.78 is 13.8. The summed E-state index contributed by atoms with van der Waals surface area (Å²) in [6, 6.07) is 0. The van der Waals surface area contributed by atoms with E-state index in [1.165, 1.54) is 47.3 Å². The molecule has 1 aliphatic rings. The minimum absolute atomic E-state index is 0.514. The minimum atomic E-state index is -0.514. The Labute approximate surface area is 74.7 Å². The van der Waals surface area contributed by atoms with E-state index >= 15 is 0 Å². The highest BCUT2D eigenvalue weighted by Crippen LogP contribution is 1.90. The smallest absolute Gasteiger partial charge is 0.389 e. The average Bonchev–Trinajstić information content (AvgIpc) is 2.64. The Balaban J connectivity index is 0.000000211. The number of hydrogen-bond acceptors (Lipinski definition) is 4. The summed E-state index contributed by atoms with van der Waals surface area (Å²) in [4.78, 5) is 0. The molecule has 1 aliphatic heterocycles. The highest BCUT2D eigenvalue weighted by molar-refractivity contribution is 6.36. The molecule has 1 N–H and O–H groups in total. The van der Waals surface area contributed by atoms with Crippen molar-refractivity contribution in [1.29, 1.82) is 0 Å². The zero-order valence-electron chi connectivity index (χ0n) is 8.13. The largest absolute Gasteiger partial charge is 0.638 e.